The molecule has 0 radical (unpaired) electrons. The average Bonchev–Trinajstić information content (AvgIpc) is 2.45. The molecule has 2 rings (SSSR count). The first-order valence-electron chi connectivity index (χ1n) is 7.41. The molecule has 20 heavy (non-hydrogen) atoms. The fraction of sp³-hybridized carbons (Fsp3) is 0.625. The Kier molecular flexibility index (Phi) is 5.05. The van der Waals surface area contributed by atoms with Crippen molar-refractivity contribution >= 4 is 11.6 Å². The van der Waals surface area contributed by atoms with Gasteiger partial charge in [0, 0.05) is 41.8 Å². The Morgan fingerprint density at radius 3 is 2.85 bits per heavy atom. The van der Waals surface area contributed by atoms with Crippen LogP contribution in [0.5, 0.6) is 0 Å². The van der Waals surface area contributed by atoms with E-state index in [1.807, 2.05) is 0 Å². The van der Waals surface area contributed by atoms with Crippen molar-refractivity contribution in [3.8, 4) is 0 Å². The van der Waals surface area contributed by atoms with Crippen LogP contribution in [-0.2, 0) is 6.54 Å². The predicted octanol–water partition coefficient (Wildman–Crippen LogP) is 3.83. The Hall–Kier alpha value is -0.640. The normalized spacial score (nSPS) is 27.8. The van der Waals surface area contributed by atoms with E-state index in [-0.39, 0.29) is 11.4 Å². The highest BCUT2D eigenvalue weighted by Gasteiger charge is 2.36. The number of hydrogen-bond acceptors (Lipinski definition) is 2. The summed E-state index contributed by atoms with van der Waals surface area (Å²) in [6.07, 6.45) is 2.13. The fourth-order valence-corrected chi connectivity index (χ4v) is 2.97. The molecule has 0 amide bonds. The van der Waals surface area contributed by atoms with Crippen LogP contribution in [-0.4, -0.2) is 29.6 Å². The van der Waals surface area contributed by atoms with E-state index in [0.29, 0.717) is 23.2 Å². The molecule has 0 bridgehead atoms. The van der Waals surface area contributed by atoms with E-state index < -0.39 is 0 Å². The third kappa shape index (κ3) is 3.33. The molecule has 0 spiro atoms. The third-order valence-corrected chi connectivity index (χ3v) is 4.83. The Morgan fingerprint density at radius 2 is 2.20 bits per heavy atom. The Balaban J connectivity index is 2.20. The summed E-state index contributed by atoms with van der Waals surface area (Å²) in [5.74, 6) is -0.167. The minimum absolute atomic E-state index is 0.0699. The minimum Gasteiger partial charge on any atom is -0.311 e. The SMILES string of the molecule is CCC1CN(Cc2cc(Cl)ccc2F)C(C)(CC)CN1. The minimum atomic E-state index is -0.167. The Morgan fingerprint density at radius 1 is 1.45 bits per heavy atom. The predicted molar refractivity (Wildman–Crippen MR) is 82.6 cm³/mol. The van der Waals surface area contributed by atoms with Crippen LogP contribution < -0.4 is 5.32 Å². The number of hydrogen-bond donors (Lipinski definition) is 1. The zero-order valence-corrected chi connectivity index (χ0v) is 13.3. The summed E-state index contributed by atoms with van der Waals surface area (Å²) in [7, 11) is 0. The Bertz CT molecular complexity index is 466. The molecule has 1 aromatic rings. The summed E-state index contributed by atoms with van der Waals surface area (Å²) in [5, 5.41) is 4.19. The van der Waals surface area contributed by atoms with Crippen molar-refractivity contribution in [2.24, 2.45) is 0 Å². The summed E-state index contributed by atoms with van der Waals surface area (Å²) in [4.78, 5) is 2.40. The van der Waals surface area contributed by atoms with Gasteiger partial charge in [0.25, 0.3) is 0 Å². The molecule has 1 aliphatic heterocycles. The number of nitrogens with one attached hydrogen (secondary N) is 1. The van der Waals surface area contributed by atoms with E-state index in [9.17, 15) is 4.39 Å². The first-order valence-corrected chi connectivity index (χ1v) is 7.78. The molecule has 1 aromatic carbocycles. The van der Waals surface area contributed by atoms with E-state index in [1.165, 1.54) is 6.07 Å². The third-order valence-electron chi connectivity index (χ3n) is 4.60. The van der Waals surface area contributed by atoms with Crippen LogP contribution in [0, 0.1) is 5.82 Å². The van der Waals surface area contributed by atoms with Crippen LogP contribution in [0.25, 0.3) is 0 Å². The molecule has 1 saturated heterocycles. The second kappa shape index (κ2) is 6.42. The van der Waals surface area contributed by atoms with E-state index in [2.05, 4.69) is 31.0 Å². The van der Waals surface area contributed by atoms with Gasteiger partial charge in [-0.2, -0.15) is 0 Å². The van der Waals surface area contributed by atoms with Gasteiger partial charge in [-0.1, -0.05) is 25.4 Å². The van der Waals surface area contributed by atoms with Gasteiger partial charge in [0.05, 0.1) is 0 Å². The molecule has 1 N–H and O–H groups in total. The number of nitrogens with zero attached hydrogens (tertiary/aromatic N) is 1. The van der Waals surface area contributed by atoms with Crippen molar-refractivity contribution in [2.45, 2.75) is 51.7 Å². The molecule has 2 nitrogen and oxygen atoms in total. The lowest BCUT2D eigenvalue weighted by Gasteiger charge is -2.48. The fourth-order valence-electron chi connectivity index (χ4n) is 2.77. The van der Waals surface area contributed by atoms with Gasteiger partial charge in [-0.25, -0.2) is 4.39 Å². The van der Waals surface area contributed by atoms with E-state index in [1.54, 1.807) is 12.1 Å². The summed E-state index contributed by atoms with van der Waals surface area (Å²) in [5.41, 5.74) is 0.759. The van der Waals surface area contributed by atoms with Crippen molar-refractivity contribution in [1.29, 1.82) is 0 Å². The van der Waals surface area contributed by atoms with Gasteiger partial charge in [0.2, 0.25) is 0 Å². The lowest BCUT2D eigenvalue weighted by atomic mass is 9.91. The van der Waals surface area contributed by atoms with E-state index in [0.717, 1.165) is 25.9 Å². The quantitative estimate of drug-likeness (QED) is 0.909. The molecule has 1 aliphatic rings. The van der Waals surface area contributed by atoms with Crippen molar-refractivity contribution in [3.63, 3.8) is 0 Å². The molecule has 112 valence electrons. The number of rotatable bonds is 4. The first kappa shape index (κ1) is 15.7. The summed E-state index contributed by atoms with van der Waals surface area (Å²) in [6, 6.07) is 5.29. The maximum absolute atomic E-state index is 14.0. The maximum atomic E-state index is 14.0. The molecule has 1 heterocycles. The van der Waals surface area contributed by atoms with Crippen LogP contribution in [0.1, 0.15) is 39.2 Å². The first-order chi connectivity index (χ1) is 9.48. The zero-order valence-electron chi connectivity index (χ0n) is 12.5. The van der Waals surface area contributed by atoms with Gasteiger partial charge in [0.15, 0.2) is 0 Å². The maximum Gasteiger partial charge on any atom is 0.127 e. The summed E-state index contributed by atoms with van der Waals surface area (Å²) >= 11 is 6.00. The second-order valence-corrected chi connectivity index (χ2v) is 6.39. The largest absolute Gasteiger partial charge is 0.311 e. The number of halogens is 2. The molecular weight excluding hydrogens is 275 g/mol. The van der Waals surface area contributed by atoms with Crippen molar-refractivity contribution in [2.75, 3.05) is 13.1 Å². The molecular formula is C16H24ClFN2. The van der Waals surface area contributed by atoms with E-state index >= 15 is 0 Å². The van der Waals surface area contributed by atoms with Gasteiger partial charge in [-0.3, -0.25) is 4.90 Å². The zero-order chi connectivity index (χ0) is 14.8. The van der Waals surface area contributed by atoms with Crippen molar-refractivity contribution < 1.29 is 4.39 Å². The molecule has 2 unspecified atom stereocenters. The average molecular weight is 299 g/mol. The van der Waals surface area contributed by atoms with Crippen LogP contribution in [0.3, 0.4) is 0 Å². The topological polar surface area (TPSA) is 15.3 Å². The van der Waals surface area contributed by atoms with Gasteiger partial charge >= 0.3 is 0 Å². The summed E-state index contributed by atoms with van der Waals surface area (Å²) < 4.78 is 14.0. The molecule has 0 aromatic heterocycles. The van der Waals surface area contributed by atoms with Crippen LogP contribution in [0.4, 0.5) is 4.39 Å². The smallest absolute Gasteiger partial charge is 0.127 e. The van der Waals surface area contributed by atoms with Gasteiger partial charge in [-0.05, 0) is 38.0 Å². The van der Waals surface area contributed by atoms with E-state index in [4.69, 9.17) is 11.6 Å². The second-order valence-electron chi connectivity index (χ2n) is 5.95. The standard InChI is InChI=1S/C16H24ClFN2/c1-4-14-10-20(16(3,5-2)11-19-14)9-12-8-13(17)6-7-15(12)18/h6-8,14,19H,4-5,9-11H2,1-3H3. The van der Waals surface area contributed by atoms with Crippen LogP contribution in [0.15, 0.2) is 18.2 Å². The van der Waals surface area contributed by atoms with Gasteiger partial charge in [-0.15, -0.1) is 0 Å². The van der Waals surface area contributed by atoms with Crippen LogP contribution in [0.2, 0.25) is 5.02 Å². The highest BCUT2D eigenvalue weighted by Crippen LogP contribution is 2.27. The van der Waals surface area contributed by atoms with Crippen molar-refractivity contribution in [1.82, 2.24) is 10.2 Å². The Labute approximate surface area is 126 Å². The van der Waals surface area contributed by atoms with Gasteiger partial charge in [0.1, 0.15) is 5.82 Å². The monoisotopic (exact) mass is 298 g/mol. The van der Waals surface area contributed by atoms with Crippen LogP contribution >= 0.6 is 11.6 Å². The highest BCUT2D eigenvalue weighted by atomic mass is 35.5. The molecule has 0 aliphatic carbocycles. The summed E-state index contributed by atoms with van der Waals surface area (Å²) in [6.45, 7) is 9.14. The lowest BCUT2D eigenvalue weighted by molar-refractivity contribution is 0.0399. The molecule has 4 heteroatoms. The molecule has 1 fully saturated rings. The number of piperazine rings is 1. The number of benzene rings is 1. The van der Waals surface area contributed by atoms with Gasteiger partial charge < -0.3 is 5.32 Å². The molecule has 0 saturated carbocycles. The molecule has 2 atom stereocenters. The lowest BCUT2D eigenvalue weighted by Crippen LogP contribution is -2.62. The van der Waals surface area contributed by atoms with Crippen molar-refractivity contribution in [3.05, 3.63) is 34.6 Å². The highest BCUT2D eigenvalue weighted by molar-refractivity contribution is 6.30.